The standard InChI is InChI=1S/C34H35NO5/c1-4-23-10-12-25(13-11-23)32-31(34(37)40-19-18-39-28-8-6-5-7-9-28)22(2)35-29-20-26(21-30(36)33(29)32)24-14-16-27(38-3)17-15-24/h5-17,26,32,35H,4,18-21H2,1-3H3/t26-,32+/m1/s1. The van der Waals surface area contributed by atoms with Crippen LogP contribution < -0.4 is 14.8 Å². The number of hydrogen-bond acceptors (Lipinski definition) is 6. The number of esters is 1. The summed E-state index contributed by atoms with van der Waals surface area (Å²) in [5.41, 5.74) is 5.92. The highest BCUT2D eigenvalue weighted by Gasteiger charge is 2.41. The lowest BCUT2D eigenvalue weighted by Gasteiger charge is -2.36. The highest BCUT2D eigenvalue weighted by Crippen LogP contribution is 2.45. The van der Waals surface area contributed by atoms with Gasteiger partial charge in [-0.25, -0.2) is 4.79 Å². The first-order valence-corrected chi connectivity index (χ1v) is 13.8. The highest BCUT2D eigenvalue weighted by atomic mass is 16.6. The van der Waals surface area contributed by atoms with Gasteiger partial charge in [0, 0.05) is 29.3 Å². The van der Waals surface area contributed by atoms with Gasteiger partial charge >= 0.3 is 5.97 Å². The van der Waals surface area contributed by atoms with E-state index >= 15 is 0 Å². The molecule has 1 heterocycles. The van der Waals surface area contributed by atoms with Gasteiger partial charge in [0.1, 0.15) is 24.7 Å². The van der Waals surface area contributed by atoms with Gasteiger partial charge in [0.25, 0.3) is 0 Å². The maximum absolute atomic E-state index is 13.8. The summed E-state index contributed by atoms with van der Waals surface area (Å²) >= 11 is 0. The molecule has 0 saturated heterocycles. The monoisotopic (exact) mass is 537 g/mol. The van der Waals surface area contributed by atoms with Crippen molar-refractivity contribution in [2.24, 2.45) is 0 Å². The molecule has 0 fully saturated rings. The zero-order chi connectivity index (χ0) is 28.1. The van der Waals surface area contributed by atoms with Gasteiger partial charge < -0.3 is 19.5 Å². The Balaban J connectivity index is 1.41. The molecule has 40 heavy (non-hydrogen) atoms. The third-order valence-electron chi connectivity index (χ3n) is 7.68. The van der Waals surface area contributed by atoms with E-state index in [-0.39, 0.29) is 24.9 Å². The fourth-order valence-electron chi connectivity index (χ4n) is 5.59. The van der Waals surface area contributed by atoms with Gasteiger partial charge in [0.15, 0.2) is 5.78 Å². The molecular weight excluding hydrogens is 502 g/mol. The maximum atomic E-state index is 13.8. The second-order valence-electron chi connectivity index (χ2n) is 10.2. The molecule has 0 aromatic heterocycles. The molecule has 0 radical (unpaired) electrons. The summed E-state index contributed by atoms with van der Waals surface area (Å²) in [7, 11) is 1.64. The number of methoxy groups -OCH3 is 1. The lowest BCUT2D eigenvalue weighted by molar-refractivity contribution is -0.140. The number of aryl methyl sites for hydroxylation is 1. The summed E-state index contributed by atoms with van der Waals surface area (Å²) in [6.45, 7) is 4.33. The fourth-order valence-corrected chi connectivity index (χ4v) is 5.59. The van der Waals surface area contributed by atoms with Crippen LogP contribution in [0, 0.1) is 0 Å². The van der Waals surface area contributed by atoms with Crippen LogP contribution in [0.25, 0.3) is 0 Å². The minimum atomic E-state index is -0.492. The second kappa shape index (κ2) is 12.2. The summed E-state index contributed by atoms with van der Waals surface area (Å²) in [6, 6.07) is 25.5. The van der Waals surface area contributed by atoms with Crippen LogP contribution in [-0.2, 0) is 20.7 Å². The van der Waals surface area contributed by atoms with Gasteiger partial charge in [-0.1, -0.05) is 61.5 Å². The quantitative estimate of drug-likeness (QED) is 0.257. The lowest BCUT2D eigenvalue weighted by atomic mass is 9.71. The molecule has 0 spiro atoms. The van der Waals surface area contributed by atoms with E-state index in [9.17, 15) is 9.59 Å². The Morgan fingerprint density at radius 3 is 2.25 bits per heavy atom. The minimum Gasteiger partial charge on any atom is -0.497 e. The number of Topliss-reactive ketones (excluding diaryl/α,β-unsaturated/α-hetero) is 1. The first kappa shape index (κ1) is 27.3. The number of para-hydroxylation sites is 1. The predicted octanol–water partition coefficient (Wildman–Crippen LogP) is 6.24. The van der Waals surface area contributed by atoms with Crippen molar-refractivity contribution < 1.29 is 23.8 Å². The number of allylic oxidation sites excluding steroid dienone is 3. The van der Waals surface area contributed by atoms with E-state index in [1.54, 1.807) is 7.11 Å². The van der Waals surface area contributed by atoms with Crippen molar-refractivity contribution in [1.82, 2.24) is 5.32 Å². The molecule has 2 aliphatic rings. The molecule has 6 heteroatoms. The largest absolute Gasteiger partial charge is 0.497 e. The van der Waals surface area contributed by atoms with Crippen LogP contribution in [0.15, 0.2) is 101 Å². The second-order valence-corrected chi connectivity index (χ2v) is 10.2. The van der Waals surface area contributed by atoms with Crippen molar-refractivity contribution in [3.63, 3.8) is 0 Å². The van der Waals surface area contributed by atoms with E-state index in [0.29, 0.717) is 29.7 Å². The normalized spacial score (nSPS) is 18.6. The number of hydrogen-bond donors (Lipinski definition) is 1. The minimum absolute atomic E-state index is 0.0456. The topological polar surface area (TPSA) is 73.9 Å². The van der Waals surface area contributed by atoms with Gasteiger partial charge in [-0.2, -0.15) is 0 Å². The maximum Gasteiger partial charge on any atom is 0.336 e. The third-order valence-corrected chi connectivity index (χ3v) is 7.68. The molecule has 5 rings (SSSR count). The summed E-state index contributed by atoms with van der Waals surface area (Å²) in [5, 5.41) is 3.42. The smallest absolute Gasteiger partial charge is 0.336 e. The van der Waals surface area contributed by atoms with Crippen LogP contribution in [0.3, 0.4) is 0 Å². The Morgan fingerprint density at radius 1 is 0.875 bits per heavy atom. The lowest BCUT2D eigenvalue weighted by Crippen LogP contribution is -2.36. The highest BCUT2D eigenvalue weighted by molar-refractivity contribution is 6.04. The first-order chi connectivity index (χ1) is 19.5. The van der Waals surface area contributed by atoms with Crippen LogP contribution in [0.4, 0.5) is 0 Å². The van der Waals surface area contributed by atoms with E-state index < -0.39 is 11.9 Å². The molecule has 0 amide bonds. The van der Waals surface area contributed by atoms with Gasteiger partial charge in [0.05, 0.1) is 12.7 Å². The summed E-state index contributed by atoms with van der Waals surface area (Å²) in [6.07, 6.45) is 1.97. The van der Waals surface area contributed by atoms with Crippen molar-refractivity contribution in [3.8, 4) is 11.5 Å². The van der Waals surface area contributed by atoms with E-state index in [4.69, 9.17) is 14.2 Å². The molecule has 6 nitrogen and oxygen atoms in total. The van der Waals surface area contributed by atoms with Crippen molar-refractivity contribution in [1.29, 1.82) is 0 Å². The number of benzene rings is 3. The SMILES string of the molecule is CCc1ccc([C@H]2C(C(=O)OCCOc3ccccc3)=C(C)NC3=C2C(=O)C[C@H](c2ccc(OC)cc2)C3)cc1. The Labute approximate surface area is 235 Å². The van der Waals surface area contributed by atoms with E-state index in [0.717, 1.165) is 34.7 Å². The Morgan fingerprint density at radius 2 is 1.57 bits per heavy atom. The molecule has 1 aliphatic heterocycles. The molecule has 1 aliphatic carbocycles. The molecule has 0 saturated carbocycles. The first-order valence-electron chi connectivity index (χ1n) is 13.8. The van der Waals surface area contributed by atoms with Gasteiger partial charge in [-0.05, 0) is 66.6 Å². The van der Waals surface area contributed by atoms with Crippen LogP contribution in [0.2, 0.25) is 0 Å². The average Bonchev–Trinajstić information content (AvgIpc) is 2.99. The van der Waals surface area contributed by atoms with Crippen molar-refractivity contribution in [3.05, 3.63) is 118 Å². The van der Waals surface area contributed by atoms with Crippen LogP contribution in [0.1, 0.15) is 55.2 Å². The van der Waals surface area contributed by atoms with Crippen molar-refractivity contribution in [2.45, 2.75) is 44.9 Å². The predicted molar refractivity (Wildman–Crippen MR) is 154 cm³/mol. The zero-order valence-electron chi connectivity index (χ0n) is 23.2. The summed E-state index contributed by atoms with van der Waals surface area (Å²) in [5.74, 6) is 0.662. The average molecular weight is 538 g/mol. The molecule has 206 valence electrons. The number of carbonyl (C=O) groups is 2. The Kier molecular flexibility index (Phi) is 8.34. The number of dihydropyridines is 1. The molecule has 0 bridgehead atoms. The van der Waals surface area contributed by atoms with Crippen molar-refractivity contribution in [2.75, 3.05) is 20.3 Å². The Bertz CT molecular complexity index is 1420. The van der Waals surface area contributed by atoms with Crippen LogP contribution >= 0.6 is 0 Å². The van der Waals surface area contributed by atoms with Gasteiger partial charge in [0.2, 0.25) is 0 Å². The van der Waals surface area contributed by atoms with E-state index in [2.05, 4.69) is 24.4 Å². The van der Waals surface area contributed by atoms with Crippen LogP contribution in [0.5, 0.6) is 11.5 Å². The molecule has 2 atom stereocenters. The third kappa shape index (κ3) is 5.81. The van der Waals surface area contributed by atoms with E-state index in [1.807, 2.05) is 73.7 Å². The molecular formula is C34H35NO5. The fraction of sp³-hybridized carbons (Fsp3) is 0.294. The zero-order valence-corrected chi connectivity index (χ0v) is 23.2. The van der Waals surface area contributed by atoms with Gasteiger partial charge in [-0.3, -0.25) is 4.79 Å². The van der Waals surface area contributed by atoms with Gasteiger partial charge in [-0.15, -0.1) is 0 Å². The molecule has 0 unspecified atom stereocenters. The van der Waals surface area contributed by atoms with E-state index in [1.165, 1.54) is 5.56 Å². The number of ketones is 1. The van der Waals surface area contributed by atoms with Crippen molar-refractivity contribution >= 4 is 11.8 Å². The molecule has 1 N–H and O–H groups in total. The number of ether oxygens (including phenoxy) is 3. The number of nitrogens with one attached hydrogen (secondary N) is 1. The molecule has 3 aromatic carbocycles. The Hall–Kier alpha value is -4.32. The number of carbonyl (C=O) groups excluding carboxylic acids is 2. The summed E-state index contributed by atoms with van der Waals surface area (Å²) < 4.78 is 16.7. The molecule has 3 aromatic rings. The number of rotatable bonds is 9. The van der Waals surface area contributed by atoms with Crippen LogP contribution in [-0.4, -0.2) is 32.1 Å². The summed E-state index contributed by atoms with van der Waals surface area (Å²) in [4.78, 5) is 27.3.